The van der Waals surface area contributed by atoms with Crippen molar-refractivity contribution in [3.63, 3.8) is 0 Å². The molecule has 1 aromatic carbocycles. The molecule has 1 unspecified atom stereocenters. The van der Waals surface area contributed by atoms with Gasteiger partial charge < -0.3 is 15.7 Å². The summed E-state index contributed by atoms with van der Waals surface area (Å²) in [4.78, 5) is 23.6. The molecule has 0 bridgehead atoms. The van der Waals surface area contributed by atoms with Crippen LogP contribution in [0.5, 0.6) is 0 Å². The quantitative estimate of drug-likeness (QED) is 0.713. The lowest BCUT2D eigenvalue weighted by Gasteiger charge is -2.34. The SMILES string of the molecule is CC(C)CCC(=O)NCC(=O)NCC1(O)CCCc2ccccc21. The molecule has 1 aliphatic carbocycles. The molecule has 0 fully saturated rings. The van der Waals surface area contributed by atoms with E-state index in [4.69, 9.17) is 0 Å². The second kappa shape index (κ2) is 8.29. The number of fused-ring (bicyclic) bond motifs is 1. The minimum absolute atomic E-state index is 0.0470. The van der Waals surface area contributed by atoms with Crippen molar-refractivity contribution in [1.82, 2.24) is 10.6 Å². The number of hydrogen-bond donors (Lipinski definition) is 3. The fourth-order valence-corrected chi connectivity index (χ4v) is 3.08. The van der Waals surface area contributed by atoms with E-state index >= 15 is 0 Å². The van der Waals surface area contributed by atoms with Crippen LogP contribution < -0.4 is 10.6 Å². The van der Waals surface area contributed by atoms with Gasteiger partial charge in [0.15, 0.2) is 0 Å². The topological polar surface area (TPSA) is 78.4 Å². The van der Waals surface area contributed by atoms with Gasteiger partial charge in [0.2, 0.25) is 11.8 Å². The summed E-state index contributed by atoms with van der Waals surface area (Å²) in [5, 5.41) is 16.3. The highest BCUT2D eigenvalue weighted by Crippen LogP contribution is 2.34. The minimum atomic E-state index is -1.02. The molecule has 0 heterocycles. The Kier molecular flexibility index (Phi) is 6.37. The van der Waals surface area contributed by atoms with E-state index in [1.54, 1.807) is 0 Å². The third-order valence-corrected chi connectivity index (χ3v) is 4.53. The molecule has 1 aromatic rings. The summed E-state index contributed by atoms with van der Waals surface area (Å²) in [5.74, 6) is 0.0788. The number of aliphatic hydroxyl groups is 1. The summed E-state index contributed by atoms with van der Waals surface area (Å²) >= 11 is 0. The second-order valence-electron chi connectivity index (χ2n) is 7.03. The molecule has 24 heavy (non-hydrogen) atoms. The zero-order chi connectivity index (χ0) is 17.6. The van der Waals surface area contributed by atoms with Crippen LogP contribution in [0.3, 0.4) is 0 Å². The Morgan fingerprint density at radius 2 is 1.96 bits per heavy atom. The van der Waals surface area contributed by atoms with Crippen LogP contribution >= 0.6 is 0 Å². The highest BCUT2D eigenvalue weighted by Gasteiger charge is 2.34. The molecule has 2 rings (SSSR count). The molecule has 0 aromatic heterocycles. The van der Waals surface area contributed by atoms with Crippen molar-refractivity contribution in [2.24, 2.45) is 5.92 Å². The van der Waals surface area contributed by atoms with Gasteiger partial charge in [-0.2, -0.15) is 0 Å². The van der Waals surface area contributed by atoms with Gasteiger partial charge in [-0.05, 0) is 42.7 Å². The molecule has 132 valence electrons. The molecular formula is C19H28N2O3. The lowest BCUT2D eigenvalue weighted by atomic mass is 9.79. The smallest absolute Gasteiger partial charge is 0.239 e. The maximum atomic E-state index is 11.9. The van der Waals surface area contributed by atoms with E-state index in [1.807, 2.05) is 24.3 Å². The first-order valence-corrected chi connectivity index (χ1v) is 8.75. The number of hydrogen-bond acceptors (Lipinski definition) is 3. The Morgan fingerprint density at radius 1 is 1.21 bits per heavy atom. The van der Waals surface area contributed by atoms with Crippen molar-refractivity contribution in [1.29, 1.82) is 0 Å². The van der Waals surface area contributed by atoms with Gasteiger partial charge in [0.1, 0.15) is 5.60 Å². The first kappa shape index (κ1) is 18.5. The Balaban J connectivity index is 1.81. The Hall–Kier alpha value is -1.88. The highest BCUT2D eigenvalue weighted by molar-refractivity contribution is 5.84. The summed E-state index contributed by atoms with van der Waals surface area (Å²) in [5.41, 5.74) is 1.02. The van der Waals surface area contributed by atoms with Gasteiger partial charge in [0.05, 0.1) is 13.1 Å². The molecule has 0 saturated carbocycles. The maximum Gasteiger partial charge on any atom is 0.239 e. The van der Waals surface area contributed by atoms with Crippen LogP contribution in [0.25, 0.3) is 0 Å². The van der Waals surface area contributed by atoms with Gasteiger partial charge in [-0.15, -0.1) is 0 Å². The molecule has 3 N–H and O–H groups in total. The van der Waals surface area contributed by atoms with Crippen LogP contribution in [0.2, 0.25) is 0 Å². The lowest BCUT2D eigenvalue weighted by Crippen LogP contribution is -2.45. The first-order valence-electron chi connectivity index (χ1n) is 8.75. The van der Waals surface area contributed by atoms with Crippen LogP contribution in [0.15, 0.2) is 24.3 Å². The average molecular weight is 332 g/mol. The number of aryl methyl sites for hydroxylation is 1. The van der Waals surface area contributed by atoms with E-state index in [0.29, 0.717) is 18.8 Å². The summed E-state index contributed by atoms with van der Waals surface area (Å²) in [7, 11) is 0. The summed E-state index contributed by atoms with van der Waals surface area (Å²) in [6.07, 6.45) is 3.73. The molecule has 0 radical (unpaired) electrons. The molecular weight excluding hydrogens is 304 g/mol. The van der Waals surface area contributed by atoms with E-state index in [1.165, 1.54) is 0 Å². The number of rotatable bonds is 7. The first-order chi connectivity index (χ1) is 11.4. The zero-order valence-electron chi connectivity index (χ0n) is 14.6. The second-order valence-corrected chi connectivity index (χ2v) is 7.03. The molecule has 0 aliphatic heterocycles. The minimum Gasteiger partial charge on any atom is -0.383 e. The van der Waals surface area contributed by atoms with Crippen LogP contribution in [0.1, 0.15) is 50.7 Å². The van der Waals surface area contributed by atoms with Crippen molar-refractivity contribution in [2.75, 3.05) is 13.1 Å². The van der Waals surface area contributed by atoms with Crippen molar-refractivity contribution >= 4 is 11.8 Å². The van der Waals surface area contributed by atoms with Crippen molar-refractivity contribution in [3.8, 4) is 0 Å². The van der Waals surface area contributed by atoms with E-state index in [0.717, 1.165) is 30.4 Å². The molecule has 1 aliphatic rings. The predicted molar refractivity (Wildman–Crippen MR) is 93.4 cm³/mol. The Morgan fingerprint density at radius 3 is 2.71 bits per heavy atom. The van der Waals surface area contributed by atoms with E-state index in [9.17, 15) is 14.7 Å². The summed E-state index contributed by atoms with van der Waals surface area (Å²) < 4.78 is 0. The van der Waals surface area contributed by atoms with E-state index < -0.39 is 5.60 Å². The van der Waals surface area contributed by atoms with Gasteiger partial charge in [-0.1, -0.05) is 38.1 Å². The van der Waals surface area contributed by atoms with E-state index in [2.05, 4.69) is 24.5 Å². The van der Waals surface area contributed by atoms with Gasteiger partial charge in [0, 0.05) is 6.42 Å². The van der Waals surface area contributed by atoms with E-state index in [-0.39, 0.29) is 24.9 Å². The van der Waals surface area contributed by atoms with Gasteiger partial charge in [0.25, 0.3) is 0 Å². The predicted octanol–water partition coefficient (Wildman–Crippen LogP) is 1.88. The number of benzene rings is 1. The fourth-order valence-electron chi connectivity index (χ4n) is 3.08. The largest absolute Gasteiger partial charge is 0.383 e. The lowest BCUT2D eigenvalue weighted by molar-refractivity contribution is -0.127. The highest BCUT2D eigenvalue weighted by atomic mass is 16.3. The van der Waals surface area contributed by atoms with Crippen LogP contribution in [0.4, 0.5) is 0 Å². The number of amides is 2. The summed E-state index contributed by atoms with van der Waals surface area (Å²) in [6, 6.07) is 7.83. The normalized spacial score (nSPS) is 19.7. The van der Waals surface area contributed by atoms with Gasteiger partial charge in [-0.25, -0.2) is 0 Å². The number of carbonyl (C=O) groups excluding carboxylic acids is 2. The average Bonchev–Trinajstić information content (AvgIpc) is 2.57. The molecule has 0 saturated heterocycles. The van der Waals surface area contributed by atoms with Gasteiger partial charge >= 0.3 is 0 Å². The fraction of sp³-hybridized carbons (Fsp3) is 0.579. The third-order valence-electron chi connectivity index (χ3n) is 4.53. The molecule has 5 heteroatoms. The molecule has 1 atom stereocenters. The monoisotopic (exact) mass is 332 g/mol. The standard InChI is InChI=1S/C19H28N2O3/c1-14(2)9-10-17(22)20-12-18(23)21-13-19(24)11-5-7-15-6-3-4-8-16(15)19/h3-4,6,8,14,24H,5,7,9-13H2,1-2H3,(H,20,22)(H,21,23). The van der Waals surface area contributed by atoms with Crippen molar-refractivity contribution < 1.29 is 14.7 Å². The Bertz CT molecular complexity index is 586. The molecule has 5 nitrogen and oxygen atoms in total. The Labute approximate surface area is 143 Å². The van der Waals surface area contributed by atoms with Crippen LogP contribution in [0, 0.1) is 5.92 Å². The summed E-state index contributed by atoms with van der Waals surface area (Å²) in [6.45, 7) is 4.24. The molecule has 2 amide bonds. The van der Waals surface area contributed by atoms with Gasteiger partial charge in [-0.3, -0.25) is 9.59 Å². The van der Waals surface area contributed by atoms with Crippen LogP contribution in [-0.4, -0.2) is 30.0 Å². The molecule has 0 spiro atoms. The third kappa shape index (κ3) is 5.06. The van der Waals surface area contributed by atoms with Crippen LogP contribution in [-0.2, 0) is 21.6 Å². The van der Waals surface area contributed by atoms with Crippen molar-refractivity contribution in [2.45, 2.75) is 51.6 Å². The maximum absolute atomic E-state index is 11.9. The van der Waals surface area contributed by atoms with Crippen molar-refractivity contribution in [3.05, 3.63) is 35.4 Å². The number of carbonyl (C=O) groups is 2. The number of nitrogens with one attached hydrogen (secondary N) is 2. The zero-order valence-corrected chi connectivity index (χ0v) is 14.6.